The average molecular weight is 427 g/mol. The second-order valence-electron chi connectivity index (χ2n) is 7.33. The topological polar surface area (TPSA) is 95.7 Å². The smallest absolute Gasteiger partial charge is 0.355 e. The van der Waals surface area contributed by atoms with E-state index in [0.29, 0.717) is 42.8 Å². The summed E-state index contributed by atoms with van der Waals surface area (Å²) in [5.41, 5.74) is 0.0102. The zero-order valence-corrected chi connectivity index (χ0v) is 17.0. The third-order valence-corrected chi connectivity index (χ3v) is 5.27. The van der Waals surface area contributed by atoms with Crippen LogP contribution in [-0.2, 0) is 15.8 Å². The molecule has 1 saturated heterocycles. The van der Waals surface area contributed by atoms with Crippen LogP contribution in [0.1, 0.15) is 32.5 Å². The number of piperidine rings is 1. The second kappa shape index (κ2) is 8.44. The number of amides is 2. The first kappa shape index (κ1) is 21.8. The van der Waals surface area contributed by atoms with Gasteiger partial charge in [0.05, 0.1) is 0 Å². The molecule has 1 aliphatic rings. The van der Waals surface area contributed by atoms with Gasteiger partial charge < -0.3 is 15.1 Å². The van der Waals surface area contributed by atoms with Crippen LogP contribution in [0, 0.1) is 5.92 Å². The summed E-state index contributed by atoms with van der Waals surface area (Å²) in [7, 11) is 1.67. The summed E-state index contributed by atoms with van der Waals surface area (Å²) in [6.07, 6.45) is -3.65. The van der Waals surface area contributed by atoms with E-state index in [4.69, 9.17) is 0 Å². The number of nitrogens with zero attached hydrogens (tertiary/aromatic N) is 6. The molecule has 1 N–H and O–H groups in total. The monoisotopic (exact) mass is 427 g/mol. The molecule has 9 nitrogen and oxygen atoms in total. The fourth-order valence-corrected chi connectivity index (χ4v) is 3.37. The largest absolute Gasteiger partial charge is 0.453 e. The van der Waals surface area contributed by atoms with Crippen molar-refractivity contribution in [3.8, 4) is 0 Å². The summed E-state index contributed by atoms with van der Waals surface area (Å²) in [6, 6.07) is 2.41. The van der Waals surface area contributed by atoms with Gasteiger partial charge in [0, 0.05) is 32.6 Å². The van der Waals surface area contributed by atoms with Gasteiger partial charge in [0.1, 0.15) is 11.9 Å². The SMILES string of the molecule is CCN(C)C(=O)C(C)NC(=O)C1CCN(c2ccc3nnc(C(F)(F)F)n3n2)CC1. The molecule has 1 aliphatic heterocycles. The number of aromatic nitrogens is 4. The molecular formula is C18H24F3N7O2. The number of hydrogen-bond acceptors (Lipinski definition) is 6. The van der Waals surface area contributed by atoms with Crippen molar-refractivity contribution in [2.24, 2.45) is 5.92 Å². The fourth-order valence-electron chi connectivity index (χ4n) is 3.37. The summed E-state index contributed by atoms with van der Waals surface area (Å²) in [5, 5.41) is 13.5. The molecule has 0 aromatic carbocycles. The van der Waals surface area contributed by atoms with Crippen LogP contribution in [-0.4, -0.2) is 69.2 Å². The highest BCUT2D eigenvalue weighted by molar-refractivity contribution is 5.88. The Labute approximate surface area is 171 Å². The maximum atomic E-state index is 13.1. The van der Waals surface area contributed by atoms with Gasteiger partial charge in [-0.1, -0.05) is 0 Å². The zero-order chi connectivity index (χ0) is 22.1. The van der Waals surface area contributed by atoms with Crippen molar-refractivity contribution < 1.29 is 22.8 Å². The standard InChI is InChI=1S/C18H24F3N7O2/c1-4-26(3)16(30)11(2)22-15(29)12-7-9-27(10-8-12)14-6-5-13-23-24-17(18(19,20)21)28(13)25-14/h5-6,11-12H,4,7-10H2,1-3H3,(H,22,29). The van der Waals surface area contributed by atoms with Crippen LogP contribution < -0.4 is 10.2 Å². The Balaban J connectivity index is 1.63. The number of carbonyl (C=O) groups is 2. The first-order valence-electron chi connectivity index (χ1n) is 9.71. The van der Waals surface area contributed by atoms with Crippen molar-refractivity contribution in [1.29, 1.82) is 0 Å². The predicted molar refractivity (Wildman–Crippen MR) is 102 cm³/mol. The van der Waals surface area contributed by atoms with Crippen molar-refractivity contribution in [2.75, 3.05) is 31.6 Å². The van der Waals surface area contributed by atoms with Crippen LogP contribution >= 0.6 is 0 Å². The molecule has 1 fully saturated rings. The molecule has 0 aliphatic carbocycles. The average Bonchev–Trinajstić information content (AvgIpc) is 3.16. The van der Waals surface area contributed by atoms with E-state index in [1.54, 1.807) is 20.0 Å². The van der Waals surface area contributed by atoms with Gasteiger partial charge in [0.2, 0.25) is 11.8 Å². The molecule has 1 atom stereocenters. The van der Waals surface area contributed by atoms with Crippen LogP contribution in [0.2, 0.25) is 0 Å². The molecule has 1 unspecified atom stereocenters. The lowest BCUT2D eigenvalue weighted by molar-refractivity contribution is -0.146. The first-order chi connectivity index (χ1) is 14.1. The van der Waals surface area contributed by atoms with Gasteiger partial charge in [-0.05, 0) is 38.8 Å². The van der Waals surface area contributed by atoms with E-state index >= 15 is 0 Å². The third-order valence-electron chi connectivity index (χ3n) is 5.27. The summed E-state index contributed by atoms with van der Waals surface area (Å²) in [5.74, 6) is -1.44. The molecule has 0 bridgehead atoms. The maximum absolute atomic E-state index is 13.1. The number of nitrogens with one attached hydrogen (secondary N) is 1. The van der Waals surface area contributed by atoms with Gasteiger partial charge in [0.25, 0.3) is 5.82 Å². The molecule has 0 radical (unpaired) electrons. The van der Waals surface area contributed by atoms with Gasteiger partial charge >= 0.3 is 6.18 Å². The molecule has 164 valence electrons. The van der Waals surface area contributed by atoms with Crippen LogP contribution in [0.5, 0.6) is 0 Å². The first-order valence-corrected chi connectivity index (χ1v) is 9.71. The lowest BCUT2D eigenvalue weighted by Crippen LogP contribution is -2.49. The maximum Gasteiger partial charge on any atom is 0.453 e. The fraction of sp³-hybridized carbons (Fsp3) is 0.611. The second-order valence-corrected chi connectivity index (χ2v) is 7.33. The number of carbonyl (C=O) groups excluding carboxylic acids is 2. The minimum Gasteiger partial charge on any atom is -0.355 e. The number of halogens is 3. The predicted octanol–water partition coefficient (Wildman–Crippen LogP) is 1.34. The van der Waals surface area contributed by atoms with E-state index in [1.807, 2.05) is 11.8 Å². The van der Waals surface area contributed by atoms with Gasteiger partial charge in [0.15, 0.2) is 5.65 Å². The Morgan fingerprint density at radius 2 is 1.93 bits per heavy atom. The van der Waals surface area contributed by atoms with Crippen molar-refractivity contribution in [1.82, 2.24) is 30.0 Å². The molecule has 0 saturated carbocycles. The number of likely N-dealkylation sites (N-methyl/N-ethyl adjacent to an activating group) is 1. The molecule has 2 aromatic rings. The van der Waals surface area contributed by atoms with Crippen LogP contribution in [0.15, 0.2) is 12.1 Å². The highest BCUT2D eigenvalue weighted by atomic mass is 19.4. The van der Waals surface area contributed by atoms with Crippen molar-refractivity contribution in [2.45, 2.75) is 38.9 Å². The minimum atomic E-state index is -4.66. The van der Waals surface area contributed by atoms with E-state index in [-0.39, 0.29) is 23.4 Å². The minimum absolute atomic E-state index is 0.0102. The third kappa shape index (κ3) is 4.46. The Bertz CT molecular complexity index is 922. The quantitative estimate of drug-likeness (QED) is 0.774. The Kier molecular flexibility index (Phi) is 6.13. The number of alkyl halides is 3. The molecule has 3 rings (SSSR count). The molecule has 2 amide bonds. The van der Waals surface area contributed by atoms with Gasteiger partial charge in [-0.3, -0.25) is 9.59 Å². The molecule has 0 spiro atoms. The summed E-state index contributed by atoms with van der Waals surface area (Å²) >= 11 is 0. The normalized spacial score (nSPS) is 16.5. The van der Waals surface area contributed by atoms with E-state index < -0.39 is 18.0 Å². The Morgan fingerprint density at radius 1 is 1.27 bits per heavy atom. The van der Waals surface area contributed by atoms with E-state index in [0.717, 1.165) is 0 Å². The van der Waals surface area contributed by atoms with Gasteiger partial charge in [-0.2, -0.15) is 17.7 Å². The van der Waals surface area contributed by atoms with Crippen molar-refractivity contribution in [3.05, 3.63) is 18.0 Å². The van der Waals surface area contributed by atoms with E-state index in [9.17, 15) is 22.8 Å². The van der Waals surface area contributed by atoms with Crippen molar-refractivity contribution >= 4 is 23.3 Å². The lowest BCUT2D eigenvalue weighted by atomic mass is 9.95. The summed E-state index contributed by atoms with van der Waals surface area (Å²) in [6.45, 7) is 4.97. The number of anilines is 1. The van der Waals surface area contributed by atoms with Crippen LogP contribution in [0.4, 0.5) is 19.0 Å². The molecule has 12 heteroatoms. The summed E-state index contributed by atoms with van der Waals surface area (Å²) < 4.78 is 39.8. The zero-order valence-electron chi connectivity index (χ0n) is 17.0. The number of hydrogen-bond donors (Lipinski definition) is 1. The van der Waals surface area contributed by atoms with Crippen LogP contribution in [0.25, 0.3) is 5.65 Å². The molecular weight excluding hydrogens is 403 g/mol. The van der Waals surface area contributed by atoms with E-state index in [1.165, 1.54) is 11.0 Å². The van der Waals surface area contributed by atoms with Gasteiger partial charge in [-0.25, -0.2) is 0 Å². The molecule has 2 aromatic heterocycles. The highest BCUT2D eigenvalue weighted by Crippen LogP contribution is 2.28. The Morgan fingerprint density at radius 3 is 2.53 bits per heavy atom. The Hall–Kier alpha value is -2.92. The van der Waals surface area contributed by atoms with Gasteiger partial charge in [-0.15, -0.1) is 15.3 Å². The molecule has 30 heavy (non-hydrogen) atoms. The molecule has 3 heterocycles. The highest BCUT2D eigenvalue weighted by Gasteiger charge is 2.38. The number of fused-ring (bicyclic) bond motifs is 1. The van der Waals surface area contributed by atoms with Crippen LogP contribution in [0.3, 0.4) is 0 Å². The number of rotatable bonds is 5. The van der Waals surface area contributed by atoms with E-state index in [2.05, 4.69) is 20.6 Å². The lowest BCUT2D eigenvalue weighted by Gasteiger charge is -2.32. The summed E-state index contributed by atoms with van der Waals surface area (Å²) in [4.78, 5) is 28.0. The van der Waals surface area contributed by atoms with Crippen molar-refractivity contribution in [3.63, 3.8) is 0 Å².